The fourth-order valence-corrected chi connectivity index (χ4v) is 3.13. The van der Waals surface area contributed by atoms with E-state index in [4.69, 9.17) is 40.5 Å². The Bertz CT molecular complexity index is 571. The molecule has 2 N–H and O–H groups in total. The Hall–Kier alpha value is -0.680. The van der Waals surface area contributed by atoms with Crippen molar-refractivity contribution in [2.75, 3.05) is 17.7 Å². The Morgan fingerprint density at radius 1 is 1.28 bits per heavy atom. The van der Waals surface area contributed by atoms with Gasteiger partial charge in [-0.2, -0.15) is 0 Å². The number of hydrogen-bond acceptors (Lipinski definition) is 4. The van der Waals surface area contributed by atoms with E-state index >= 15 is 0 Å². The molecule has 18 heavy (non-hydrogen) atoms. The van der Waals surface area contributed by atoms with Crippen LogP contribution in [0.2, 0.25) is 14.4 Å². The van der Waals surface area contributed by atoms with Crippen LogP contribution in [0.3, 0.4) is 0 Å². The molecule has 2 aromatic rings. The van der Waals surface area contributed by atoms with Gasteiger partial charge in [-0.3, -0.25) is 0 Å². The molecule has 2 aromatic heterocycles. The second kappa shape index (κ2) is 5.53. The minimum absolute atomic E-state index is 0.270. The molecule has 0 fully saturated rings. The summed E-state index contributed by atoms with van der Waals surface area (Å²) in [4.78, 5) is 7.21. The van der Waals surface area contributed by atoms with Crippen LogP contribution in [0.5, 0.6) is 0 Å². The van der Waals surface area contributed by atoms with Crippen molar-refractivity contribution in [3.63, 3.8) is 0 Å². The fraction of sp³-hybridized carbons (Fsp3) is 0.182. The van der Waals surface area contributed by atoms with Gasteiger partial charge in [0.05, 0.1) is 20.9 Å². The molecule has 96 valence electrons. The summed E-state index contributed by atoms with van der Waals surface area (Å²) >= 11 is 19.4. The summed E-state index contributed by atoms with van der Waals surface area (Å²) in [6, 6.07) is 5.43. The molecule has 2 rings (SSSR count). The fourth-order valence-electron chi connectivity index (χ4n) is 1.48. The van der Waals surface area contributed by atoms with Gasteiger partial charge in [-0.1, -0.05) is 34.8 Å². The molecule has 0 saturated carbocycles. The van der Waals surface area contributed by atoms with Crippen molar-refractivity contribution in [2.24, 2.45) is 0 Å². The van der Waals surface area contributed by atoms with Crippen LogP contribution in [0, 0.1) is 0 Å². The number of rotatable bonds is 3. The van der Waals surface area contributed by atoms with Crippen LogP contribution in [0.25, 0.3) is 0 Å². The van der Waals surface area contributed by atoms with Gasteiger partial charge in [0.2, 0.25) is 0 Å². The largest absolute Gasteiger partial charge is 0.382 e. The summed E-state index contributed by atoms with van der Waals surface area (Å²) in [6.45, 7) is 0.658. The molecule has 0 atom stereocenters. The van der Waals surface area contributed by atoms with Crippen LogP contribution in [-0.4, -0.2) is 12.0 Å². The molecule has 0 aliphatic rings. The van der Waals surface area contributed by atoms with Gasteiger partial charge in [0.1, 0.15) is 11.6 Å². The zero-order chi connectivity index (χ0) is 13.3. The van der Waals surface area contributed by atoms with E-state index in [0.29, 0.717) is 22.4 Å². The predicted octanol–water partition coefficient (Wildman–Crippen LogP) is 4.32. The molecule has 0 aliphatic heterocycles. The van der Waals surface area contributed by atoms with Crippen molar-refractivity contribution in [1.82, 2.24) is 4.98 Å². The summed E-state index contributed by atoms with van der Waals surface area (Å²) in [6.07, 6.45) is 0. The summed E-state index contributed by atoms with van der Waals surface area (Å²) < 4.78 is 0.757. The maximum atomic E-state index is 6.10. The first-order chi connectivity index (χ1) is 8.47. The highest BCUT2D eigenvalue weighted by Gasteiger charge is 2.12. The van der Waals surface area contributed by atoms with Crippen molar-refractivity contribution in [3.05, 3.63) is 37.5 Å². The monoisotopic (exact) mass is 321 g/mol. The highest BCUT2D eigenvalue weighted by atomic mass is 35.5. The standard InChI is InChI=1S/C11H10Cl3N3S/c1-17(5-6-2-3-9(14)18-6)11-8(13)4-7(12)10(15)16-11/h2-4H,5H2,1H3,(H2,15,16). The minimum atomic E-state index is 0.270. The van der Waals surface area contributed by atoms with E-state index in [2.05, 4.69) is 4.98 Å². The summed E-state index contributed by atoms with van der Waals surface area (Å²) in [5, 5.41) is 0.829. The van der Waals surface area contributed by atoms with Crippen molar-refractivity contribution < 1.29 is 0 Å². The number of thiophene rings is 1. The molecule has 0 aromatic carbocycles. The molecule has 0 aliphatic carbocycles. The smallest absolute Gasteiger partial charge is 0.150 e. The Labute approximate surface area is 124 Å². The third-order valence-electron chi connectivity index (χ3n) is 2.32. The Balaban J connectivity index is 2.23. The van der Waals surface area contributed by atoms with E-state index < -0.39 is 0 Å². The lowest BCUT2D eigenvalue weighted by molar-refractivity contribution is 0.914. The lowest BCUT2D eigenvalue weighted by Gasteiger charge is -2.19. The van der Waals surface area contributed by atoms with Crippen LogP contribution >= 0.6 is 46.1 Å². The summed E-state index contributed by atoms with van der Waals surface area (Å²) in [5.74, 6) is 0.871. The average molecular weight is 323 g/mol. The molecule has 0 unspecified atom stereocenters. The zero-order valence-corrected chi connectivity index (χ0v) is 12.5. The first kappa shape index (κ1) is 13.7. The molecule has 0 radical (unpaired) electrons. The minimum Gasteiger partial charge on any atom is -0.382 e. The van der Waals surface area contributed by atoms with Crippen LogP contribution in [0.4, 0.5) is 11.6 Å². The first-order valence-corrected chi connectivity index (χ1v) is 6.99. The molecule has 0 saturated heterocycles. The number of aromatic nitrogens is 1. The topological polar surface area (TPSA) is 42.2 Å². The molecule has 7 heteroatoms. The van der Waals surface area contributed by atoms with Crippen molar-refractivity contribution in [1.29, 1.82) is 0 Å². The Kier molecular flexibility index (Phi) is 4.22. The van der Waals surface area contributed by atoms with E-state index in [1.165, 1.54) is 11.3 Å². The maximum Gasteiger partial charge on any atom is 0.150 e. The SMILES string of the molecule is CN(Cc1ccc(Cl)s1)c1nc(N)c(Cl)cc1Cl. The molecular weight excluding hydrogens is 313 g/mol. The van der Waals surface area contributed by atoms with E-state index in [1.54, 1.807) is 6.07 Å². The summed E-state index contributed by atoms with van der Waals surface area (Å²) in [7, 11) is 1.88. The molecule has 0 amide bonds. The van der Waals surface area contributed by atoms with Crippen LogP contribution in [0.15, 0.2) is 18.2 Å². The molecular formula is C11H10Cl3N3S. The third kappa shape index (κ3) is 3.01. The van der Waals surface area contributed by atoms with Gasteiger partial charge in [0.15, 0.2) is 0 Å². The zero-order valence-electron chi connectivity index (χ0n) is 9.45. The number of nitrogens with two attached hydrogens (primary N) is 1. The quantitative estimate of drug-likeness (QED) is 0.915. The normalized spacial score (nSPS) is 10.7. The molecule has 3 nitrogen and oxygen atoms in total. The number of halogens is 3. The van der Waals surface area contributed by atoms with Crippen molar-refractivity contribution >= 4 is 57.8 Å². The lowest BCUT2D eigenvalue weighted by Crippen LogP contribution is -2.18. The predicted molar refractivity (Wildman–Crippen MR) is 80.1 cm³/mol. The van der Waals surface area contributed by atoms with Crippen LogP contribution < -0.4 is 10.6 Å². The molecule has 0 spiro atoms. The van der Waals surface area contributed by atoms with Crippen LogP contribution in [-0.2, 0) is 6.54 Å². The Morgan fingerprint density at radius 3 is 2.61 bits per heavy atom. The van der Waals surface area contributed by atoms with Gasteiger partial charge in [-0.25, -0.2) is 4.98 Å². The van der Waals surface area contributed by atoms with E-state index in [0.717, 1.165) is 9.21 Å². The van der Waals surface area contributed by atoms with Gasteiger partial charge in [-0.15, -0.1) is 11.3 Å². The molecule has 2 heterocycles. The van der Waals surface area contributed by atoms with Gasteiger partial charge < -0.3 is 10.6 Å². The van der Waals surface area contributed by atoms with Gasteiger partial charge in [-0.05, 0) is 18.2 Å². The maximum absolute atomic E-state index is 6.10. The lowest BCUT2D eigenvalue weighted by atomic mass is 10.4. The first-order valence-electron chi connectivity index (χ1n) is 5.04. The van der Waals surface area contributed by atoms with Crippen LogP contribution in [0.1, 0.15) is 4.88 Å². The number of nitrogens with zero attached hydrogens (tertiary/aromatic N) is 2. The average Bonchev–Trinajstić information content (AvgIpc) is 2.69. The molecule has 0 bridgehead atoms. The number of nitrogen functional groups attached to an aromatic ring is 1. The van der Waals surface area contributed by atoms with Gasteiger partial charge >= 0.3 is 0 Å². The number of hydrogen-bond donors (Lipinski definition) is 1. The highest BCUT2D eigenvalue weighted by Crippen LogP contribution is 2.31. The van der Waals surface area contributed by atoms with Crippen molar-refractivity contribution in [2.45, 2.75) is 6.54 Å². The highest BCUT2D eigenvalue weighted by molar-refractivity contribution is 7.16. The van der Waals surface area contributed by atoms with Gasteiger partial charge in [0.25, 0.3) is 0 Å². The van der Waals surface area contributed by atoms with E-state index in [1.807, 2.05) is 24.1 Å². The van der Waals surface area contributed by atoms with E-state index in [9.17, 15) is 0 Å². The second-order valence-electron chi connectivity index (χ2n) is 3.72. The van der Waals surface area contributed by atoms with Gasteiger partial charge in [0, 0.05) is 11.9 Å². The summed E-state index contributed by atoms with van der Waals surface area (Å²) in [5.41, 5.74) is 5.68. The van der Waals surface area contributed by atoms with E-state index in [-0.39, 0.29) is 5.82 Å². The second-order valence-corrected chi connectivity index (χ2v) is 6.34. The Morgan fingerprint density at radius 2 is 2.00 bits per heavy atom. The third-order valence-corrected chi connectivity index (χ3v) is 4.12. The van der Waals surface area contributed by atoms with Crippen molar-refractivity contribution in [3.8, 4) is 0 Å². The number of pyridine rings is 1. The number of anilines is 2.